The van der Waals surface area contributed by atoms with Crippen LogP contribution in [0.4, 0.5) is 8.78 Å². The van der Waals surface area contributed by atoms with Crippen LogP contribution in [0.25, 0.3) is 11.3 Å². The summed E-state index contributed by atoms with van der Waals surface area (Å²) in [5, 5.41) is 7.65. The fourth-order valence-corrected chi connectivity index (χ4v) is 3.52. The quantitative estimate of drug-likeness (QED) is 0.700. The van der Waals surface area contributed by atoms with Crippen molar-refractivity contribution in [3.05, 3.63) is 76.4 Å². The molecule has 1 aromatic heterocycles. The van der Waals surface area contributed by atoms with Crippen LogP contribution < -0.4 is 0 Å². The highest BCUT2D eigenvalue weighted by Crippen LogP contribution is 2.21. The lowest BCUT2D eigenvalue weighted by molar-refractivity contribution is 0.0621. The molecule has 2 heterocycles. The summed E-state index contributed by atoms with van der Waals surface area (Å²) in [6, 6.07) is 13.1. The summed E-state index contributed by atoms with van der Waals surface area (Å²) in [6.45, 7) is 2.49. The summed E-state index contributed by atoms with van der Waals surface area (Å²) in [7, 11) is 0. The number of amides is 1. The number of rotatable bonds is 4. The van der Waals surface area contributed by atoms with E-state index in [-0.39, 0.29) is 5.91 Å². The van der Waals surface area contributed by atoms with Crippen LogP contribution in [0.5, 0.6) is 0 Å². The van der Waals surface area contributed by atoms with E-state index in [1.165, 1.54) is 6.07 Å². The molecular weight excluding hydrogens is 398 g/mol. The minimum absolute atomic E-state index is 0.130. The van der Waals surface area contributed by atoms with Gasteiger partial charge in [0, 0.05) is 48.9 Å². The van der Waals surface area contributed by atoms with Crippen LogP contribution in [0.15, 0.2) is 48.5 Å². The number of piperazine rings is 1. The Balaban J connectivity index is 1.37. The van der Waals surface area contributed by atoms with Crippen LogP contribution in [-0.2, 0) is 6.54 Å². The molecule has 5 nitrogen and oxygen atoms in total. The summed E-state index contributed by atoms with van der Waals surface area (Å²) in [6.07, 6.45) is 0. The lowest BCUT2D eigenvalue weighted by Crippen LogP contribution is -2.48. The van der Waals surface area contributed by atoms with E-state index in [1.807, 2.05) is 17.0 Å². The van der Waals surface area contributed by atoms with Gasteiger partial charge in [-0.25, -0.2) is 8.78 Å². The summed E-state index contributed by atoms with van der Waals surface area (Å²) in [5.74, 6) is -1.78. The van der Waals surface area contributed by atoms with E-state index in [9.17, 15) is 13.6 Å². The molecule has 1 aliphatic heterocycles. The van der Waals surface area contributed by atoms with Gasteiger partial charge in [-0.1, -0.05) is 35.9 Å². The number of benzene rings is 2. The van der Waals surface area contributed by atoms with E-state index in [0.717, 1.165) is 11.6 Å². The van der Waals surface area contributed by atoms with Crippen molar-refractivity contribution in [1.82, 2.24) is 20.0 Å². The third-order valence-electron chi connectivity index (χ3n) is 5.03. The lowest BCUT2D eigenvalue weighted by atomic mass is 10.1. The fraction of sp³-hybridized carbons (Fsp3) is 0.238. The molecule has 0 aliphatic carbocycles. The zero-order valence-corrected chi connectivity index (χ0v) is 16.3. The van der Waals surface area contributed by atoms with Crippen molar-refractivity contribution in [2.45, 2.75) is 6.54 Å². The molecule has 3 aromatic rings. The Morgan fingerprint density at radius 2 is 1.79 bits per heavy atom. The van der Waals surface area contributed by atoms with Gasteiger partial charge < -0.3 is 4.90 Å². The van der Waals surface area contributed by atoms with Crippen LogP contribution in [0.3, 0.4) is 0 Å². The standard InChI is InChI=1S/C21H19ClF2N4O/c22-16-6-4-14(5-7-16)18-12-19(26-25-18)21(29)28-10-8-27(9-11-28)13-15-2-1-3-17(23)20(15)24/h1-7,12H,8-11,13H2,(H,25,26). The first-order valence-electron chi connectivity index (χ1n) is 9.27. The summed E-state index contributed by atoms with van der Waals surface area (Å²) in [4.78, 5) is 16.5. The average Bonchev–Trinajstić information content (AvgIpc) is 3.22. The molecule has 0 saturated carbocycles. The second-order valence-corrected chi connectivity index (χ2v) is 7.39. The molecular formula is C21H19ClF2N4O. The lowest BCUT2D eigenvalue weighted by Gasteiger charge is -2.34. The van der Waals surface area contributed by atoms with Crippen molar-refractivity contribution in [1.29, 1.82) is 0 Å². The van der Waals surface area contributed by atoms with Crippen LogP contribution in [0, 0.1) is 11.6 Å². The van der Waals surface area contributed by atoms with Crippen molar-refractivity contribution in [3.63, 3.8) is 0 Å². The molecule has 0 bridgehead atoms. The first-order chi connectivity index (χ1) is 14.0. The second-order valence-electron chi connectivity index (χ2n) is 6.96. The molecule has 2 aromatic carbocycles. The second kappa shape index (κ2) is 8.31. The Kier molecular flexibility index (Phi) is 5.60. The molecule has 0 spiro atoms. The molecule has 0 atom stereocenters. The normalized spacial score (nSPS) is 14.9. The van der Waals surface area contributed by atoms with Crippen LogP contribution >= 0.6 is 11.6 Å². The number of aromatic amines is 1. The molecule has 1 fully saturated rings. The monoisotopic (exact) mass is 416 g/mol. The number of hydrogen-bond donors (Lipinski definition) is 1. The topological polar surface area (TPSA) is 52.2 Å². The van der Waals surface area contributed by atoms with Gasteiger partial charge in [0.2, 0.25) is 0 Å². The molecule has 1 aliphatic rings. The molecule has 8 heteroatoms. The van der Waals surface area contributed by atoms with E-state index >= 15 is 0 Å². The molecule has 4 rings (SSSR count). The summed E-state index contributed by atoms with van der Waals surface area (Å²) >= 11 is 5.90. The van der Waals surface area contributed by atoms with Crippen LogP contribution in [0.1, 0.15) is 16.1 Å². The molecule has 0 radical (unpaired) electrons. The minimum Gasteiger partial charge on any atom is -0.335 e. The van der Waals surface area contributed by atoms with Gasteiger partial charge in [-0.3, -0.25) is 14.8 Å². The predicted octanol–water partition coefficient (Wildman–Crippen LogP) is 3.97. The Morgan fingerprint density at radius 1 is 1.07 bits per heavy atom. The molecule has 0 unspecified atom stereocenters. The zero-order chi connectivity index (χ0) is 20.4. The van der Waals surface area contributed by atoms with E-state index < -0.39 is 11.6 Å². The predicted molar refractivity (Wildman–Crippen MR) is 107 cm³/mol. The molecule has 150 valence electrons. The van der Waals surface area contributed by atoms with Crippen molar-refractivity contribution in [3.8, 4) is 11.3 Å². The highest BCUT2D eigenvalue weighted by molar-refractivity contribution is 6.30. The average molecular weight is 417 g/mol. The van der Waals surface area contributed by atoms with Gasteiger partial charge in [0.25, 0.3) is 5.91 Å². The van der Waals surface area contributed by atoms with Gasteiger partial charge in [-0.05, 0) is 24.3 Å². The van der Waals surface area contributed by atoms with Gasteiger partial charge in [0.1, 0.15) is 5.69 Å². The molecule has 1 N–H and O–H groups in total. The smallest absolute Gasteiger partial charge is 0.271 e. The van der Waals surface area contributed by atoms with E-state index in [1.54, 1.807) is 29.2 Å². The van der Waals surface area contributed by atoms with E-state index in [2.05, 4.69) is 10.2 Å². The highest BCUT2D eigenvalue weighted by Gasteiger charge is 2.24. The van der Waals surface area contributed by atoms with Gasteiger partial charge in [-0.15, -0.1) is 0 Å². The number of carbonyl (C=O) groups is 1. The fourth-order valence-electron chi connectivity index (χ4n) is 3.39. The van der Waals surface area contributed by atoms with Gasteiger partial charge in [0.15, 0.2) is 11.6 Å². The van der Waals surface area contributed by atoms with Crippen LogP contribution in [0.2, 0.25) is 5.02 Å². The number of nitrogens with one attached hydrogen (secondary N) is 1. The van der Waals surface area contributed by atoms with Gasteiger partial charge in [-0.2, -0.15) is 5.10 Å². The first-order valence-corrected chi connectivity index (χ1v) is 9.65. The summed E-state index contributed by atoms with van der Waals surface area (Å²) in [5.41, 5.74) is 2.28. The number of aromatic nitrogens is 2. The Morgan fingerprint density at radius 3 is 2.52 bits per heavy atom. The third kappa shape index (κ3) is 4.31. The number of hydrogen-bond acceptors (Lipinski definition) is 3. The number of carbonyl (C=O) groups excluding carboxylic acids is 1. The van der Waals surface area contributed by atoms with Crippen molar-refractivity contribution >= 4 is 17.5 Å². The maximum Gasteiger partial charge on any atom is 0.271 e. The number of halogens is 3. The first kappa shape index (κ1) is 19.5. The number of H-pyrrole nitrogens is 1. The minimum atomic E-state index is -0.841. The van der Waals surface area contributed by atoms with Crippen molar-refractivity contribution < 1.29 is 13.6 Å². The van der Waals surface area contributed by atoms with E-state index in [4.69, 9.17) is 11.6 Å². The molecule has 1 amide bonds. The summed E-state index contributed by atoms with van der Waals surface area (Å²) < 4.78 is 27.2. The van der Waals surface area contributed by atoms with Crippen molar-refractivity contribution in [2.24, 2.45) is 0 Å². The molecule has 1 saturated heterocycles. The SMILES string of the molecule is O=C(c1cc(-c2ccc(Cl)cc2)n[nH]1)N1CCN(Cc2cccc(F)c2F)CC1. The Labute approximate surface area is 171 Å². The maximum absolute atomic E-state index is 13.9. The number of nitrogens with zero attached hydrogens (tertiary/aromatic N) is 3. The van der Waals surface area contributed by atoms with Crippen molar-refractivity contribution in [2.75, 3.05) is 26.2 Å². The Hall–Kier alpha value is -2.77. The third-order valence-corrected chi connectivity index (χ3v) is 5.29. The molecule has 29 heavy (non-hydrogen) atoms. The largest absolute Gasteiger partial charge is 0.335 e. The Bertz CT molecular complexity index is 1010. The highest BCUT2D eigenvalue weighted by atomic mass is 35.5. The maximum atomic E-state index is 13.9. The van der Waals surface area contributed by atoms with Gasteiger partial charge in [0.05, 0.1) is 5.69 Å². The van der Waals surface area contributed by atoms with Crippen LogP contribution in [-0.4, -0.2) is 52.1 Å². The van der Waals surface area contributed by atoms with E-state index in [0.29, 0.717) is 54.7 Å². The van der Waals surface area contributed by atoms with Gasteiger partial charge >= 0.3 is 0 Å². The zero-order valence-electron chi connectivity index (χ0n) is 15.5.